The molecule has 2 aromatic heterocycles. The Morgan fingerprint density at radius 1 is 1.28 bits per heavy atom. The number of aliphatic hydroxyl groups excluding tert-OH is 1. The molecule has 0 aliphatic carbocycles. The van der Waals surface area contributed by atoms with Gasteiger partial charge in [0.25, 0.3) is 0 Å². The van der Waals surface area contributed by atoms with Gasteiger partial charge in [0.1, 0.15) is 5.75 Å². The number of hydrogen-bond donors (Lipinski definition) is 1. The monoisotopic (exact) mass is 469 g/mol. The SMILES string of the molecule is COc1ccc2ncc(Cl)c(CCCC3(CO)CCN(CC#Cc4nccs4)CC3)c2c1. The minimum absolute atomic E-state index is 0.0216. The van der Waals surface area contributed by atoms with E-state index in [9.17, 15) is 5.11 Å². The van der Waals surface area contributed by atoms with Gasteiger partial charge < -0.3 is 9.84 Å². The number of thiazole rings is 1. The summed E-state index contributed by atoms with van der Waals surface area (Å²) >= 11 is 8.08. The number of aliphatic hydroxyl groups is 1. The van der Waals surface area contributed by atoms with Gasteiger partial charge in [0.05, 0.1) is 24.2 Å². The summed E-state index contributed by atoms with van der Waals surface area (Å²) in [4.78, 5) is 11.0. The van der Waals surface area contributed by atoms with E-state index in [0.717, 1.165) is 79.0 Å². The van der Waals surface area contributed by atoms with Crippen LogP contribution in [0.25, 0.3) is 10.9 Å². The Kier molecular flexibility index (Phi) is 7.64. The first-order chi connectivity index (χ1) is 15.6. The minimum Gasteiger partial charge on any atom is -0.497 e. The molecule has 0 saturated carbocycles. The fourth-order valence-electron chi connectivity index (χ4n) is 4.41. The smallest absolute Gasteiger partial charge is 0.166 e. The molecule has 3 heterocycles. The van der Waals surface area contributed by atoms with Crippen LogP contribution in [-0.4, -0.2) is 53.3 Å². The summed E-state index contributed by atoms with van der Waals surface area (Å²) in [6.45, 7) is 2.90. The molecule has 168 valence electrons. The number of halogens is 1. The maximum atomic E-state index is 10.2. The minimum atomic E-state index is -0.0216. The van der Waals surface area contributed by atoms with Crippen LogP contribution in [0.15, 0.2) is 36.0 Å². The summed E-state index contributed by atoms with van der Waals surface area (Å²) < 4.78 is 5.39. The van der Waals surface area contributed by atoms with Crippen molar-refractivity contribution in [3.63, 3.8) is 0 Å². The lowest BCUT2D eigenvalue weighted by Crippen LogP contribution is -2.42. The quantitative estimate of drug-likeness (QED) is 0.503. The highest BCUT2D eigenvalue weighted by molar-refractivity contribution is 7.10. The second-order valence-corrected chi connectivity index (χ2v) is 9.70. The number of likely N-dealkylation sites (tertiary alicyclic amines) is 1. The van der Waals surface area contributed by atoms with Gasteiger partial charge in [-0.25, -0.2) is 4.98 Å². The Morgan fingerprint density at radius 2 is 2.12 bits per heavy atom. The number of fused-ring (bicyclic) bond motifs is 1. The second-order valence-electron chi connectivity index (χ2n) is 8.39. The molecule has 32 heavy (non-hydrogen) atoms. The van der Waals surface area contributed by atoms with E-state index in [1.54, 1.807) is 30.8 Å². The molecule has 0 unspecified atom stereocenters. The lowest BCUT2D eigenvalue weighted by molar-refractivity contribution is 0.0401. The summed E-state index contributed by atoms with van der Waals surface area (Å²) in [6.07, 6.45) is 8.30. The van der Waals surface area contributed by atoms with Crippen molar-refractivity contribution in [3.8, 4) is 17.6 Å². The number of ether oxygens (including phenoxy) is 1. The molecule has 0 bridgehead atoms. The number of piperidine rings is 1. The summed E-state index contributed by atoms with van der Waals surface area (Å²) in [5, 5.41) is 14.8. The average Bonchev–Trinajstić information content (AvgIpc) is 3.35. The number of pyridine rings is 1. The van der Waals surface area contributed by atoms with Crippen molar-refractivity contribution >= 4 is 33.8 Å². The van der Waals surface area contributed by atoms with Gasteiger partial charge in [-0.1, -0.05) is 17.5 Å². The molecule has 1 aromatic carbocycles. The van der Waals surface area contributed by atoms with E-state index in [0.29, 0.717) is 5.02 Å². The Balaban J connectivity index is 1.35. The number of aryl methyl sites for hydroxylation is 1. The van der Waals surface area contributed by atoms with Crippen LogP contribution in [0.2, 0.25) is 5.02 Å². The third-order valence-electron chi connectivity index (χ3n) is 6.45. The predicted octanol–water partition coefficient (Wildman–Crippen LogP) is 4.80. The third-order valence-corrected chi connectivity index (χ3v) is 7.46. The standard InChI is InChI=1S/C25H28ClN3O2S/c1-31-19-6-7-23-21(16-19)20(22(26)17-28-23)4-2-8-25(18-30)9-13-29(14-10-25)12-3-5-24-27-11-15-32-24/h6-7,11,15-17,30H,2,4,8-10,12-14,18H2,1H3. The molecule has 1 aliphatic heterocycles. The summed E-state index contributed by atoms with van der Waals surface area (Å²) in [5.41, 5.74) is 2.01. The molecule has 0 spiro atoms. The molecule has 0 atom stereocenters. The molecule has 1 fully saturated rings. The Bertz CT molecular complexity index is 1100. The van der Waals surface area contributed by atoms with Crippen molar-refractivity contribution in [2.45, 2.75) is 32.1 Å². The molecule has 4 rings (SSSR count). The predicted molar refractivity (Wildman–Crippen MR) is 130 cm³/mol. The zero-order chi connectivity index (χ0) is 22.4. The van der Waals surface area contributed by atoms with E-state index in [1.807, 2.05) is 23.6 Å². The van der Waals surface area contributed by atoms with E-state index in [1.165, 1.54) is 0 Å². The van der Waals surface area contributed by atoms with Crippen molar-refractivity contribution in [2.24, 2.45) is 5.41 Å². The van der Waals surface area contributed by atoms with Gasteiger partial charge >= 0.3 is 0 Å². The number of hydrogen-bond acceptors (Lipinski definition) is 6. The Morgan fingerprint density at radius 3 is 2.84 bits per heavy atom. The van der Waals surface area contributed by atoms with Gasteiger partial charge in [-0.05, 0) is 80.3 Å². The second kappa shape index (κ2) is 10.6. The van der Waals surface area contributed by atoms with Crippen molar-refractivity contribution < 1.29 is 9.84 Å². The van der Waals surface area contributed by atoms with Crippen molar-refractivity contribution in [1.82, 2.24) is 14.9 Å². The molecule has 0 radical (unpaired) electrons. The molecular weight excluding hydrogens is 442 g/mol. The third kappa shape index (κ3) is 5.41. The van der Waals surface area contributed by atoms with Crippen LogP contribution in [0.1, 0.15) is 36.3 Å². The first-order valence-electron chi connectivity index (χ1n) is 11.0. The van der Waals surface area contributed by atoms with Crippen LogP contribution in [-0.2, 0) is 6.42 Å². The van der Waals surface area contributed by atoms with Gasteiger partial charge in [-0.3, -0.25) is 9.88 Å². The molecule has 1 saturated heterocycles. The van der Waals surface area contributed by atoms with E-state index in [-0.39, 0.29) is 12.0 Å². The van der Waals surface area contributed by atoms with E-state index in [4.69, 9.17) is 16.3 Å². The lowest BCUT2D eigenvalue weighted by atomic mass is 9.75. The number of benzene rings is 1. The van der Waals surface area contributed by atoms with Gasteiger partial charge in [0, 0.05) is 29.8 Å². The Hall–Kier alpha value is -2.17. The van der Waals surface area contributed by atoms with Crippen LogP contribution >= 0.6 is 22.9 Å². The first kappa shape index (κ1) is 23.0. The largest absolute Gasteiger partial charge is 0.497 e. The fraction of sp³-hybridized carbons (Fsp3) is 0.440. The fourth-order valence-corrected chi connectivity index (χ4v) is 5.16. The molecular formula is C25H28ClN3O2S. The van der Waals surface area contributed by atoms with Gasteiger partial charge in [0.15, 0.2) is 5.01 Å². The topological polar surface area (TPSA) is 58.5 Å². The van der Waals surface area contributed by atoms with E-state index in [2.05, 4.69) is 26.7 Å². The molecule has 1 aliphatic rings. The normalized spacial score (nSPS) is 16.0. The van der Waals surface area contributed by atoms with Gasteiger partial charge in [-0.15, -0.1) is 11.3 Å². The van der Waals surface area contributed by atoms with Crippen LogP contribution in [0, 0.1) is 17.3 Å². The Labute approximate surface area is 198 Å². The highest BCUT2D eigenvalue weighted by Gasteiger charge is 2.33. The van der Waals surface area contributed by atoms with Crippen molar-refractivity contribution in [3.05, 3.63) is 51.6 Å². The molecule has 0 amide bonds. The molecule has 7 heteroatoms. The maximum absolute atomic E-state index is 10.2. The summed E-state index contributed by atoms with van der Waals surface area (Å²) in [7, 11) is 1.67. The van der Waals surface area contributed by atoms with Crippen LogP contribution < -0.4 is 4.74 Å². The van der Waals surface area contributed by atoms with E-state index < -0.39 is 0 Å². The number of nitrogens with zero attached hydrogens (tertiary/aromatic N) is 3. The molecule has 1 N–H and O–H groups in total. The highest BCUT2D eigenvalue weighted by atomic mass is 35.5. The van der Waals surface area contributed by atoms with Crippen molar-refractivity contribution in [2.75, 3.05) is 33.4 Å². The number of rotatable bonds is 7. The zero-order valence-corrected chi connectivity index (χ0v) is 19.9. The maximum Gasteiger partial charge on any atom is 0.166 e. The van der Waals surface area contributed by atoms with Crippen LogP contribution in [0.3, 0.4) is 0 Å². The highest BCUT2D eigenvalue weighted by Crippen LogP contribution is 2.37. The van der Waals surface area contributed by atoms with Crippen LogP contribution in [0.5, 0.6) is 5.75 Å². The first-order valence-corrected chi connectivity index (χ1v) is 12.2. The molecule has 3 aromatic rings. The van der Waals surface area contributed by atoms with Crippen molar-refractivity contribution in [1.29, 1.82) is 0 Å². The average molecular weight is 470 g/mol. The van der Waals surface area contributed by atoms with E-state index >= 15 is 0 Å². The zero-order valence-electron chi connectivity index (χ0n) is 18.3. The number of aromatic nitrogens is 2. The molecule has 5 nitrogen and oxygen atoms in total. The van der Waals surface area contributed by atoms with Crippen LogP contribution in [0.4, 0.5) is 0 Å². The summed E-state index contributed by atoms with van der Waals surface area (Å²) in [5.74, 6) is 7.16. The van der Waals surface area contributed by atoms with Gasteiger partial charge in [0.2, 0.25) is 0 Å². The number of methoxy groups -OCH3 is 1. The van der Waals surface area contributed by atoms with Gasteiger partial charge in [-0.2, -0.15) is 0 Å². The summed E-state index contributed by atoms with van der Waals surface area (Å²) in [6, 6.07) is 5.90. The lowest BCUT2D eigenvalue weighted by Gasteiger charge is -2.40.